The van der Waals surface area contributed by atoms with Crippen molar-refractivity contribution in [1.29, 1.82) is 0 Å². The zero-order valence-electron chi connectivity index (χ0n) is 23.0. The Morgan fingerprint density at radius 3 is 1.30 bits per heavy atom. The van der Waals surface area contributed by atoms with Crippen molar-refractivity contribution in [1.82, 2.24) is 0 Å². The molecule has 1 heterocycles. The molecule has 0 aromatic rings. The Morgan fingerprint density at radius 1 is 0.697 bits per heavy atom. The quantitative estimate of drug-likeness (QED) is 0.358. The molecule has 0 aromatic carbocycles. The van der Waals surface area contributed by atoms with Gasteiger partial charge in [-0.3, -0.25) is 0 Å². The van der Waals surface area contributed by atoms with Gasteiger partial charge in [0.2, 0.25) is 0 Å². The maximum Gasteiger partial charge on any atom is 0.331 e. The van der Waals surface area contributed by atoms with Crippen molar-refractivity contribution in [2.45, 2.75) is 102 Å². The average molecular weight is 475 g/mol. The third-order valence-corrected chi connectivity index (χ3v) is 9.07. The van der Waals surface area contributed by atoms with Crippen LogP contribution in [0.25, 0.3) is 0 Å². The standard InChI is InChI=1S/C29H47O3P/c1-24(2,3)20-13-15-22-28(17-20,26(7,8)9)19-29(27(10,11)12)18-21(25(4,5)6)14-16-23(29)32-33(30)31-22/h13-18,22-23,30H,19H2,1-12H3. The highest BCUT2D eigenvalue weighted by molar-refractivity contribution is 7.40. The normalized spacial score (nSPS) is 35.7. The van der Waals surface area contributed by atoms with Gasteiger partial charge in [0.1, 0.15) is 0 Å². The first kappa shape index (κ1) is 26.9. The monoisotopic (exact) mass is 474 g/mol. The van der Waals surface area contributed by atoms with E-state index in [4.69, 9.17) is 9.05 Å². The summed E-state index contributed by atoms with van der Waals surface area (Å²) in [5.74, 6) is 0. The van der Waals surface area contributed by atoms with E-state index in [0.29, 0.717) is 0 Å². The third kappa shape index (κ3) is 4.73. The minimum absolute atomic E-state index is 0.0235. The summed E-state index contributed by atoms with van der Waals surface area (Å²) in [5, 5.41) is 0. The maximum absolute atomic E-state index is 11.0. The molecule has 3 aliphatic rings. The molecule has 0 radical (unpaired) electrons. The second-order valence-corrected chi connectivity index (χ2v) is 15.4. The van der Waals surface area contributed by atoms with E-state index >= 15 is 0 Å². The minimum Gasteiger partial charge on any atom is -0.328 e. The van der Waals surface area contributed by atoms with Crippen molar-refractivity contribution in [3.05, 3.63) is 47.6 Å². The highest BCUT2D eigenvalue weighted by Crippen LogP contribution is 2.65. The van der Waals surface area contributed by atoms with Crippen LogP contribution in [0.2, 0.25) is 0 Å². The summed E-state index contributed by atoms with van der Waals surface area (Å²) < 4.78 is 12.6. The molecule has 3 nitrogen and oxygen atoms in total. The van der Waals surface area contributed by atoms with Gasteiger partial charge in [-0.2, -0.15) is 0 Å². The van der Waals surface area contributed by atoms with Crippen molar-refractivity contribution >= 4 is 8.60 Å². The first-order chi connectivity index (χ1) is 14.7. The molecule has 0 spiro atoms. The molecule has 0 amide bonds. The molecular weight excluding hydrogens is 427 g/mol. The van der Waals surface area contributed by atoms with Gasteiger partial charge < -0.3 is 13.9 Å². The summed E-state index contributed by atoms with van der Waals surface area (Å²) in [7, 11) is -2.03. The van der Waals surface area contributed by atoms with Gasteiger partial charge in [-0.1, -0.05) is 120 Å². The van der Waals surface area contributed by atoms with Crippen LogP contribution in [0.3, 0.4) is 0 Å². The Hall–Kier alpha value is -0.730. The predicted octanol–water partition coefficient (Wildman–Crippen LogP) is 8.53. The highest BCUT2D eigenvalue weighted by atomic mass is 31.2. The van der Waals surface area contributed by atoms with E-state index in [-0.39, 0.29) is 44.7 Å². The van der Waals surface area contributed by atoms with Gasteiger partial charge >= 0.3 is 8.60 Å². The highest BCUT2D eigenvalue weighted by Gasteiger charge is 2.60. The lowest BCUT2D eigenvalue weighted by Crippen LogP contribution is -2.57. The second kappa shape index (κ2) is 8.16. The van der Waals surface area contributed by atoms with Crippen LogP contribution in [0.5, 0.6) is 0 Å². The smallest absolute Gasteiger partial charge is 0.328 e. The van der Waals surface area contributed by atoms with Crippen LogP contribution >= 0.6 is 8.60 Å². The van der Waals surface area contributed by atoms with Gasteiger partial charge in [0.15, 0.2) is 0 Å². The molecule has 4 unspecified atom stereocenters. The van der Waals surface area contributed by atoms with Crippen LogP contribution in [-0.2, 0) is 9.05 Å². The van der Waals surface area contributed by atoms with Crippen LogP contribution in [-0.4, -0.2) is 17.1 Å². The zero-order chi connectivity index (χ0) is 25.3. The molecule has 3 rings (SSSR count). The number of hydrogen-bond acceptors (Lipinski definition) is 3. The number of rotatable bonds is 0. The maximum atomic E-state index is 11.0. The van der Waals surface area contributed by atoms with E-state index in [9.17, 15) is 4.89 Å². The lowest BCUT2D eigenvalue weighted by molar-refractivity contribution is -0.0961. The lowest BCUT2D eigenvalue weighted by Gasteiger charge is -2.60. The molecule has 0 saturated carbocycles. The van der Waals surface area contributed by atoms with Crippen LogP contribution in [0.15, 0.2) is 47.6 Å². The van der Waals surface area contributed by atoms with E-state index in [1.165, 1.54) is 11.1 Å². The summed E-state index contributed by atoms with van der Waals surface area (Å²) in [6, 6.07) is 0. The largest absolute Gasteiger partial charge is 0.331 e. The average Bonchev–Trinajstić information content (AvgIpc) is 2.59. The number of allylic oxidation sites excluding steroid dienone is 4. The van der Waals surface area contributed by atoms with E-state index in [0.717, 1.165) is 6.42 Å². The molecule has 1 aliphatic heterocycles. The summed E-state index contributed by atoms with van der Waals surface area (Å²) in [6.45, 7) is 27.6. The Labute approximate surface area is 204 Å². The van der Waals surface area contributed by atoms with Gasteiger partial charge in [0, 0.05) is 10.8 Å². The summed E-state index contributed by atoms with van der Waals surface area (Å²) in [6.07, 6.45) is 14.1. The Morgan fingerprint density at radius 2 is 1.03 bits per heavy atom. The fraction of sp³-hybridized carbons (Fsp3) is 0.724. The SMILES string of the molecule is CC(C)(C)C1=CC2(C(C)(C)C)CC3(C(C)(C)C)C=C(C(C)(C)C)C=CC3OP(O)OC2C=C1. The van der Waals surface area contributed by atoms with E-state index in [2.05, 4.69) is 120 Å². The van der Waals surface area contributed by atoms with Crippen LogP contribution in [0.4, 0.5) is 0 Å². The molecule has 1 fully saturated rings. The Bertz CT molecular complexity index is 810. The molecule has 2 aliphatic carbocycles. The fourth-order valence-corrected chi connectivity index (χ4v) is 6.51. The first-order valence-electron chi connectivity index (χ1n) is 12.4. The molecule has 1 N–H and O–H groups in total. The van der Waals surface area contributed by atoms with Gasteiger partial charge in [0.05, 0.1) is 12.2 Å². The van der Waals surface area contributed by atoms with Crippen molar-refractivity contribution in [2.24, 2.45) is 32.5 Å². The van der Waals surface area contributed by atoms with Crippen molar-refractivity contribution in [3.63, 3.8) is 0 Å². The van der Waals surface area contributed by atoms with Crippen LogP contribution in [0.1, 0.15) is 89.5 Å². The molecule has 0 aromatic heterocycles. The first-order valence-corrected chi connectivity index (χ1v) is 13.5. The Kier molecular flexibility index (Phi) is 6.64. The third-order valence-electron chi connectivity index (χ3n) is 8.26. The van der Waals surface area contributed by atoms with Crippen LogP contribution < -0.4 is 0 Å². The Balaban J connectivity index is 2.36. The summed E-state index contributed by atoms with van der Waals surface area (Å²) >= 11 is 0. The van der Waals surface area contributed by atoms with Crippen LogP contribution in [0, 0.1) is 32.5 Å². The molecule has 1 saturated heterocycles. The zero-order valence-corrected chi connectivity index (χ0v) is 23.9. The number of hydrogen-bond donors (Lipinski definition) is 1. The van der Waals surface area contributed by atoms with Gasteiger partial charge in [-0.05, 0) is 39.2 Å². The molecule has 4 atom stereocenters. The fourth-order valence-electron chi connectivity index (χ4n) is 5.56. The molecule has 0 bridgehead atoms. The molecule has 33 heavy (non-hydrogen) atoms. The summed E-state index contributed by atoms with van der Waals surface area (Å²) in [4.78, 5) is 11.0. The van der Waals surface area contributed by atoms with E-state index in [1.807, 2.05) is 0 Å². The van der Waals surface area contributed by atoms with Gasteiger partial charge in [-0.25, -0.2) is 0 Å². The number of fused-ring (bicyclic) bond motifs is 2. The summed E-state index contributed by atoms with van der Waals surface area (Å²) in [5.41, 5.74) is 1.87. The van der Waals surface area contributed by atoms with Crippen molar-refractivity contribution in [2.75, 3.05) is 0 Å². The van der Waals surface area contributed by atoms with Crippen molar-refractivity contribution < 1.29 is 13.9 Å². The van der Waals surface area contributed by atoms with Gasteiger partial charge in [0.25, 0.3) is 0 Å². The van der Waals surface area contributed by atoms with Gasteiger partial charge in [-0.15, -0.1) is 0 Å². The molecule has 186 valence electrons. The second-order valence-electron chi connectivity index (χ2n) is 14.5. The molecule has 4 heteroatoms. The topological polar surface area (TPSA) is 38.7 Å². The predicted molar refractivity (Wildman–Crippen MR) is 141 cm³/mol. The van der Waals surface area contributed by atoms with E-state index in [1.54, 1.807) is 0 Å². The molecular formula is C29H47O3P. The van der Waals surface area contributed by atoms with Crippen molar-refractivity contribution in [3.8, 4) is 0 Å². The van der Waals surface area contributed by atoms with E-state index < -0.39 is 8.60 Å². The lowest BCUT2D eigenvalue weighted by atomic mass is 9.48. The minimum atomic E-state index is -2.03.